The highest BCUT2D eigenvalue weighted by Crippen LogP contribution is 2.49. The van der Waals surface area contributed by atoms with Gasteiger partial charge < -0.3 is 4.42 Å². The van der Waals surface area contributed by atoms with Crippen LogP contribution in [0.25, 0.3) is 111 Å². The Bertz CT molecular complexity index is 3490. The van der Waals surface area contributed by atoms with Crippen molar-refractivity contribution in [3.05, 3.63) is 181 Å². The van der Waals surface area contributed by atoms with Crippen LogP contribution in [0, 0.1) is 0 Å². The first-order valence-electron chi connectivity index (χ1n) is 19.7. The number of aromatic nitrogens is 4. The van der Waals surface area contributed by atoms with E-state index in [1.54, 1.807) is 0 Å². The van der Waals surface area contributed by atoms with Gasteiger partial charge in [0.25, 0.3) is 0 Å². The predicted molar refractivity (Wildman–Crippen MR) is 237 cm³/mol. The van der Waals surface area contributed by atoms with E-state index in [9.17, 15) is 0 Å². The zero-order valence-corrected chi connectivity index (χ0v) is 31.9. The molecule has 2 aromatic heterocycles. The summed E-state index contributed by atoms with van der Waals surface area (Å²) >= 11 is 0. The predicted octanol–water partition coefficient (Wildman–Crippen LogP) is 13.6. The first-order valence-corrected chi connectivity index (χ1v) is 19.7. The van der Waals surface area contributed by atoms with Crippen molar-refractivity contribution < 1.29 is 4.42 Å². The number of hydrogen-bond acceptors (Lipinski definition) is 5. The molecule has 0 N–H and O–H groups in total. The molecule has 2 heterocycles. The molecule has 272 valence electrons. The second-order valence-electron chi connectivity index (χ2n) is 15.8. The Morgan fingerprint density at radius 3 is 1.90 bits per heavy atom. The van der Waals surface area contributed by atoms with Crippen LogP contribution >= 0.6 is 0 Å². The van der Waals surface area contributed by atoms with E-state index in [1.165, 1.54) is 27.6 Å². The molecular formula is C53H34N4O. The summed E-state index contributed by atoms with van der Waals surface area (Å²) in [6, 6.07) is 59.7. The van der Waals surface area contributed by atoms with Crippen LogP contribution in [0.3, 0.4) is 0 Å². The average Bonchev–Trinajstić information content (AvgIpc) is 3.82. The van der Waals surface area contributed by atoms with Crippen molar-refractivity contribution in [2.24, 2.45) is 0 Å². The fraction of sp³-hybridized carbons (Fsp3) is 0.0566. The molecular weight excluding hydrogens is 709 g/mol. The Morgan fingerprint density at radius 2 is 1.03 bits per heavy atom. The van der Waals surface area contributed by atoms with E-state index in [-0.39, 0.29) is 5.41 Å². The molecule has 0 fully saturated rings. The van der Waals surface area contributed by atoms with Crippen LogP contribution in [0.15, 0.2) is 174 Å². The van der Waals surface area contributed by atoms with E-state index < -0.39 is 0 Å². The van der Waals surface area contributed by atoms with Gasteiger partial charge in [-0.25, -0.2) is 19.9 Å². The van der Waals surface area contributed by atoms with Crippen molar-refractivity contribution in [1.29, 1.82) is 0 Å². The van der Waals surface area contributed by atoms with Gasteiger partial charge in [-0.2, -0.15) is 0 Å². The number of hydrogen-bond donors (Lipinski definition) is 0. The molecule has 0 spiro atoms. The molecule has 12 rings (SSSR count). The number of fused-ring (bicyclic) bond motifs is 11. The van der Waals surface area contributed by atoms with Crippen LogP contribution < -0.4 is 0 Å². The topological polar surface area (TPSA) is 64.7 Å². The molecule has 9 aromatic carbocycles. The molecule has 0 saturated heterocycles. The van der Waals surface area contributed by atoms with Gasteiger partial charge in [-0.3, -0.25) is 0 Å². The molecule has 5 nitrogen and oxygen atoms in total. The number of oxazole rings is 1. The minimum atomic E-state index is -0.0977. The van der Waals surface area contributed by atoms with E-state index >= 15 is 0 Å². The largest absolute Gasteiger partial charge is 0.435 e. The van der Waals surface area contributed by atoms with E-state index in [0.29, 0.717) is 23.4 Å². The van der Waals surface area contributed by atoms with Crippen molar-refractivity contribution in [1.82, 2.24) is 19.9 Å². The van der Waals surface area contributed by atoms with Crippen molar-refractivity contribution in [2.45, 2.75) is 19.3 Å². The van der Waals surface area contributed by atoms with Gasteiger partial charge in [-0.15, -0.1) is 0 Å². The van der Waals surface area contributed by atoms with Crippen LogP contribution in [0.5, 0.6) is 0 Å². The Labute approximate surface area is 334 Å². The summed E-state index contributed by atoms with van der Waals surface area (Å²) in [4.78, 5) is 20.8. The van der Waals surface area contributed by atoms with Crippen molar-refractivity contribution in [3.63, 3.8) is 0 Å². The van der Waals surface area contributed by atoms with Crippen LogP contribution in [0.4, 0.5) is 0 Å². The highest BCUT2D eigenvalue weighted by molar-refractivity contribution is 6.28. The molecule has 5 heteroatoms. The third kappa shape index (κ3) is 4.90. The average molecular weight is 743 g/mol. The zero-order valence-electron chi connectivity index (χ0n) is 31.9. The molecule has 0 amide bonds. The summed E-state index contributed by atoms with van der Waals surface area (Å²) in [5.41, 5.74) is 10.4. The van der Waals surface area contributed by atoms with Crippen LogP contribution in [0.2, 0.25) is 0 Å². The Hall–Kier alpha value is -7.50. The van der Waals surface area contributed by atoms with Crippen molar-refractivity contribution in [2.75, 3.05) is 0 Å². The lowest BCUT2D eigenvalue weighted by atomic mass is 9.82. The van der Waals surface area contributed by atoms with E-state index in [2.05, 4.69) is 153 Å². The SMILES string of the molecule is CC1(C)c2ccccc2-c2cc(-c3nc(-c4ccc5ccccc5c4)nc(-c4cc5ccc6ccc7nc(-c8ccccc8)oc7c6c5c5ccccc45)n3)ccc21. The van der Waals surface area contributed by atoms with Gasteiger partial charge in [-0.1, -0.05) is 147 Å². The molecule has 1 aliphatic carbocycles. The molecule has 1 aliphatic rings. The standard InChI is InChI=1S/C53H34N4O/c1-53(2)43-19-11-10-17-39(43)41-30-37(24-26-44(41)53)50-55-49(36-23-20-31-12-6-7-15-34(31)28-36)56-51(57-50)42-29-35-22-21-32-25-27-45-48(58-52(54-45)33-13-4-3-5-14-33)47(32)46(35)40-18-9-8-16-38(40)42/h3-30H,1-2H3. The fourth-order valence-electron chi connectivity index (χ4n) is 9.22. The van der Waals surface area contributed by atoms with Crippen LogP contribution in [-0.4, -0.2) is 19.9 Å². The maximum Gasteiger partial charge on any atom is 0.227 e. The van der Waals surface area contributed by atoms with Gasteiger partial charge in [0.15, 0.2) is 23.1 Å². The van der Waals surface area contributed by atoms with Crippen LogP contribution in [-0.2, 0) is 5.41 Å². The summed E-state index contributed by atoms with van der Waals surface area (Å²) in [5.74, 6) is 2.50. The Kier molecular flexibility index (Phi) is 6.91. The quantitative estimate of drug-likeness (QED) is 0.168. The zero-order chi connectivity index (χ0) is 38.5. The van der Waals surface area contributed by atoms with Gasteiger partial charge in [0.2, 0.25) is 5.89 Å². The maximum atomic E-state index is 6.62. The highest BCUT2D eigenvalue weighted by atomic mass is 16.3. The fourth-order valence-corrected chi connectivity index (χ4v) is 9.22. The Morgan fingerprint density at radius 1 is 0.397 bits per heavy atom. The third-order valence-electron chi connectivity index (χ3n) is 12.1. The lowest BCUT2D eigenvalue weighted by molar-refractivity contribution is 0.623. The third-order valence-corrected chi connectivity index (χ3v) is 12.1. The first kappa shape index (κ1) is 32.7. The van der Waals surface area contributed by atoms with E-state index in [0.717, 1.165) is 71.1 Å². The summed E-state index contributed by atoms with van der Waals surface area (Å²) in [7, 11) is 0. The summed E-state index contributed by atoms with van der Waals surface area (Å²) in [6.07, 6.45) is 0. The minimum Gasteiger partial charge on any atom is -0.435 e. The number of benzene rings is 9. The smallest absolute Gasteiger partial charge is 0.227 e. The monoisotopic (exact) mass is 742 g/mol. The van der Waals surface area contributed by atoms with Gasteiger partial charge in [0, 0.05) is 38.4 Å². The normalized spacial score (nSPS) is 13.1. The first-order chi connectivity index (χ1) is 28.5. The molecule has 0 unspecified atom stereocenters. The molecule has 0 saturated carbocycles. The lowest BCUT2D eigenvalue weighted by Crippen LogP contribution is -2.14. The second kappa shape index (κ2) is 12.2. The molecule has 0 atom stereocenters. The molecule has 58 heavy (non-hydrogen) atoms. The maximum absolute atomic E-state index is 6.62. The minimum absolute atomic E-state index is 0.0977. The number of rotatable bonds is 4. The molecule has 11 aromatic rings. The second-order valence-corrected chi connectivity index (χ2v) is 15.8. The molecule has 0 aliphatic heterocycles. The van der Waals surface area contributed by atoms with E-state index in [4.69, 9.17) is 24.4 Å². The highest BCUT2D eigenvalue weighted by Gasteiger charge is 2.35. The molecule has 0 radical (unpaired) electrons. The van der Waals surface area contributed by atoms with Crippen molar-refractivity contribution >= 4 is 54.2 Å². The van der Waals surface area contributed by atoms with Crippen molar-refractivity contribution in [3.8, 4) is 56.7 Å². The van der Waals surface area contributed by atoms with Gasteiger partial charge >= 0.3 is 0 Å². The van der Waals surface area contributed by atoms with Crippen LogP contribution in [0.1, 0.15) is 25.0 Å². The number of nitrogens with zero attached hydrogens (tertiary/aromatic N) is 4. The molecule has 0 bridgehead atoms. The summed E-state index contributed by atoms with van der Waals surface area (Å²) < 4.78 is 6.62. The van der Waals surface area contributed by atoms with Gasteiger partial charge in [-0.05, 0) is 91.0 Å². The summed E-state index contributed by atoms with van der Waals surface area (Å²) in [5, 5.41) is 8.77. The van der Waals surface area contributed by atoms with Gasteiger partial charge in [0.1, 0.15) is 5.52 Å². The Balaban J connectivity index is 1.11. The summed E-state index contributed by atoms with van der Waals surface area (Å²) in [6.45, 7) is 4.61. The van der Waals surface area contributed by atoms with Gasteiger partial charge in [0.05, 0.1) is 0 Å². The van der Waals surface area contributed by atoms with E-state index in [1.807, 2.05) is 30.3 Å². The lowest BCUT2D eigenvalue weighted by Gasteiger charge is -2.21.